The van der Waals surface area contributed by atoms with Crippen LogP contribution in [0.25, 0.3) is 0 Å². The predicted octanol–water partition coefficient (Wildman–Crippen LogP) is 10.3. The normalized spacial score (nSPS) is 21.0. The molecule has 0 aromatic carbocycles. The highest BCUT2D eigenvalue weighted by atomic mass is 32.1. The van der Waals surface area contributed by atoms with Crippen molar-refractivity contribution in [2.45, 2.75) is 176 Å². The van der Waals surface area contributed by atoms with Gasteiger partial charge in [0, 0.05) is 40.4 Å². The largest absolute Gasteiger partial charge is 0.323 e. The zero-order valence-electron chi connectivity index (χ0n) is 33.5. The minimum absolute atomic E-state index is 0.0252. The van der Waals surface area contributed by atoms with Crippen LogP contribution in [0.15, 0.2) is 0 Å². The van der Waals surface area contributed by atoms with Gasteiger partial charge in [0.05, 0.1) is 0 Å². The van der Waals surface area contributed by atoms with Crippen molar-refractivity contribution >= 4 is 49.9 Å². The molecule has 2 heterocycles. The molecular formula is C38H74N4O2S3. The molecule has 0 spiro atoms. The molecule has 4 amide bonds. The van der Waals surface area contributed by atoms with E-state index in [0.717, 1.165) is 32.1 Å². The molecule has 2 aliphatic rings. The van der Waals surface area contributed by atoms with Gasteiger partial charge >= 0.3 is 12.1 Å². The number of hydrogen-bond acceptors (Lipinski definition) is 5. The molecule has 2 aliphatic heterocycles. The average Bonchev–Trinajstić information content (AvgIpc) is 3.11. The maximum absolute atomic E-state index is 14.8. The van der Waals surface area contributed by atoms with Crippen LogP contribution >= 0.6 is 37.9 Å². The van der Waals surface area contributed by atoms with Gasteiger partial charge < -0.3 is 0 Å². The second-order valence-electron chi connectivity index (χ2n) is 21.6. The van der Waals surface area contributed by atoms with Crippen molar-refractivity contribution in [3.05, 3.63) is 0 Å². The zero-order chi connectivity index (χ0) is 37.0. The van der Waals surface area contributed by atoms with Crippen molar-refractivity contribution in [2.75, 3.05) is 26.2 Å². The summed E-state index contributed by atoms with van der Waals surface area (Å²) >= 11 is 14.6. The smallest absolute Gasteiger partial charge is 0.300 e. The van der Waals surface area contributed by atoms with Crippen LogP contribution in [-0.4, -0.2) is 84.4 Å². The van der Waals surface area contributed by atoms with E-state index < -0.39 is 0 Å². The summed E-state index contributed by atoms with van der Waals surface area (Å²) in [6.45, 7) is 40.0. The maximum atomic E-state index is 14.8. The van der Waals surface area contributed by atoms with E-state index in [9.17, 15) is 9.59 Å². The van der Waals surface area contributed by atoms with Crippen molar-refractivity contribution in [3.63, 3.8) is 0 Å². The summed E-state index contributed by atoms with van der Waals surface area (Å²) in [6, 6.07) is 0.0760. The van der Waals surface area contributed by atoms with Crippen molar-refractivity contribution < 1.29 is 9.59 Å². The Balaban J connectivity index is 2.70. The molecule has 0 bridgehead atoms. The third kappa shape index (κ3) is 13.3. The van der Waals surface area contributed by atoms with Gasteiger partial charge in [0.1, 0.15) is 12.3 Å². The number of carbonyl (C=O) groups excluding carboxylic acids is 2. The summed E-state index contributed by atoms with van der Waals surface area (Å²) in [7, 11) is 0. The van der Waals surface area contributed by atoms with Gasteiger partial charge in [-0.05, 0) is 59.2 Å². The first-order valence-corrected chi connectivity index (χ1v) is 19.2. The monoisotopic (exact) mass is 714 g/mol. The summed E-state index contributed by atoms with van der Waals surface area (Å²) in [4.78, 5) is 37.8. The van der Waals surface area contributed by atoms with Gasteiger partial charge in [-0.1, -0.05) is 118 Å². The Morgan fingerprint density at radius 3 is 1.04 bits per heavy atom. The summed E-state index contributed by atoms with van der Waals surface area (Å²) in [5.41, 5.74) is -0.456. The molecule has 2 unspecified atom stereocenters. The summed E-state index contributed by atoms with van der Waals surface area (Å²) in [5.74, 6) is 0. The fourth-order valence-corrected chi connectivity index (χ4v) is 10.8. The molecule has 0 saturated carbocycles. The number of amides is 4. The van der Waals surface area contributed by atoms with Crippen molar-refractivity contribution in [1.82, 2.24) is 19.6 Å². The molecule has 0 N–H and O–H groups in total. The molecule has 9 heteroatoms. The third-order valence-electron chi connectivity index (χ3n) is 9.09. The van der Waals surface area contributed by atoms with E-state index in [4.69, 9.17) is 37.9 Å². The summed E-state index contributed by atoms with van der Waals surface area (Å²) in [6.07, 6.45) is 3.68. The molecule has 47 heavy (non-hydrogen) atoms. The van der Waals surface area contributed by atoms with Crippen LogP contribution in [0.1, 0.15) is 150 Å². The quantitative estimate of drug-likeness (QED) is 0.139. The lowest BCUT2D eigenvalue weighted by Gasteiger charge is -2.41. The van der Waals surface area contributed by atoms with Crippen LogP contribution in [0.5, 0.6) is 0 Å². The molecule has 276 valence electrons. The molecule has 2 saturated heterocycles. The lowest BCUT2D eigenvalue weighted by atomic mass is 9.76. The highest BCUT2D eigenvalue weighted by molar-refractivity contribution is 7.82. The van der Waals surface area contributed by atoms with Crippen LogP contribution in [0.2, 0.25) is 0 Å². The van der Waals surface area contributed by atoms with Gasteiger partial charge in [-0.2, -0.15) is 37.9 Å². The maximum Gasteiger partial charge on any atom is 0.323 e. The number of urea groups is 2. The number of nitrogens with zero attached hydrogens (tertiary/aromatic N) is 4. The van der Waals surface area contributed by atoms with Crippen molar-refractivity contribution in [2.24, 2.45) is 27.1 Å². The average molecular weight is 715 g/mol. The second kappa shape index (κ2) is 14.0. The predicted molar refractivity (Wildman–Crippen MR) is 212 cm³/mol. The number of fused-ring (bicyclic) bond motifs is 1. The molecule has 0 aromatic rings. The SMILES string of the molecule is CC(C)(C)CC(C)(C)CN1C(=O)N(CC(C)(C)CC(C)(C)S)C2C1N(CCC(C)(C)CC(C)(C)S)C(=O)N2CC(C)(C)CC(C)(C)S. The molecule has 0 radical (unpaired) electrons. The van der Waals surface area contributed by atoms with Gasteiger partial charge in [-0.3, -0.25) is 19.6 Å². The summed E-state index contributed by atoms with van der Waals surface area (Å²) < 4.78 is -0.501. The molecule has 0 aromatic heterocycles. The molecule has 2 fully saturated rings. The van der Waals surface area contributed by atoms with Gasteiger partial charge in [0.15, 0.2) is 0 Å². The van der Waals surface area contributed by atoms with E-state index in [1.165, 1.54) is 0 Å². The fraction of sp³-hybridized carbons (Fsp3) is 0.947. The first-order chi connectivity index (χ1) is 20.5. The third-order valence-corrected chi connectivity index (χ3v) is 9.57. The van der Waals surface area contributed by atoms with E-state index in [-0.39, 0.29) is 65.7 Å². The molecular weight excluding hydrogens is 641 g/mol. The van der Waals surface area contributed by atoms with Gasteiger partial charge in [0.2, 0.25) is 0 Å². The van der Waals surface area contributed by atoms with Crippen LogP contribution < -0.4 is 0 Å². The minimum Gasteiger partial charge on any atom is -0.300 e. The zero-order valence-corrected chi connectivity index (χ0v) is 36.1. The molecule has 6 nitrogen and oxygen atoms in total. The Labute approximate surface area is 307 Å². The number of carbonyl (C=O) groups is 2. The van der Waals surface area contributed by atoms with Crippen LogP contribution in [0, 0.1) is 27.1 Å². The Bertz CT molecular complexity index is 1080. The van der Waals surface area contributed by atoms with E-state index >= 15 is 0 Å². The van der Waals surface area contributed by atoms with E-state index in [0.29, 0.717) is 26.2 Å². The first-order valence-electron chi connectivity index (χ1n) is 17.8. The Morgan fingerprint density at radius 1 is 0.447 bits per heavy atom. The number of hydrogen-bond donors (Lipinski definition) is 3. The Hall–Kier alpha value is -0.410. The lowest BCUT2D eigenvalue weighted by Crippen LogP contribution is -2.52. The Kier molecular flexibility index (Phi) is 12.7. The van der Waals surface area contributed by atoms with Crippen LogP contribution in [-0.2, 0) is 0 Å². The molecule has 0 aliphatic carbocycles. The molecule has 2 atom stereocenters. The van der Waals surface area contributed by atoms with Crippen LogP contribution in [0.3, 0.4) is 0 Å². The van der Waals surface area contributed by atoms with Gasteiger partial charge in [-0.25, -0.2) is 9.59 Å². The van der Waals surface area contributed by atoms with Gasteiger partial charge in [0.25, 0.3) is 0 Å². The highest BCUT2D eigenvalue weighted by Crippen LogP contribution is 2.45. The fourth-order valence-electron chi connectivity index (χ4n) is 9.49. The summed E-state index contributed by atoms with van der Waals surface area (Å²) in [5, 5.41) is 0. The topological polar surface area (TPSA) is 47.1 Å². The van der Waals surface area contributed by atoms with Crippen molar-refractivity contribution in [3.8, 4) is 0 Å². The van der Waals surface area contributed by atoms with E-state index in [2.05, 4.69) is 123 Å². The molecule has 2 rings (SSSR count). The standard InChI is InChI=1S/C38H74N4O2S3/c1-31(2,3)20-33(6,7)24-40-27-28(42(30(40)44)26-35(10,11)23-38(16,17)47)41(25-34(8,9)22-37(14,15)46)29(43)39(27)19-18-32(4,5)21-36(12,13)45/h27-28,45-47H,18-26H2,1-17H3. The van der Waals surface area contributed by atoms with Crippen LogP contribution in [0.4, 0.5) is 9.59 Å². The number of rotatable bonds is 16. The number of thiol groups is 3. The first kappa shape index (κ1) is 42.8. The lowest BCUT2D eigenvalue weighted by molar-refractivity contribution is 0.0633. The van der Waals surface area contributed by atoms with Gasteiger partial charge in [-0.15, -0.1) is 0 Å². The van der Waals surface area contributed by atoms with E-state index in [1.54, 1.807) is 0 Å². The minimum atomic E-state index is -0.366. The Morgan fingerprint density at radius 2 is 0.723 bits per heavy atom. The highest BCUT2D eigenvalue weighted by Gasteiger charge is 2.61. The second-order valence-corrected chi connectivity index (χ2v) is 25.2. The van der Waals surface area contributed by atoms with E-state index in [1.807, 2.05) is 14.7 Å². The van der Waals surface area contributed by atoms with Crippen molar-refractivity contribution in [1.29, 1.82) is 0 Å².